The molecule has 25 heteroatoms. The molecule has 14 N–H and O–H groups in total. The number of H-pyrrole nitrogens is 1. The number of amides is 9. The minimum Gasteiger partial charge on any atom is -0.508 e. The van der Waals surface area contributed by atoms with Crippen LogP contribution in [0.1, 0.15) is 84.9 Å². The molecule has 9 amide bonds. The number of rotatable bonds is 33. The van der Waals surface area contributed by atoms with Crippen LogP contribution >= 0.6 is 24.4 Å². The Bertz CT molecular complexity index is 2890. The van der Waals surface area contributed by atoms with Gasteiger partial charge in [-0.3, -0.25) is 43.2 Å². The van der Waals surface area contributed by atoms with Crippen LogP contribution in [0.25, 0.3) is 10.9 Å². The lowest BCUT2D eigenvalue weighted by molar-refractivity contribution is -0.142. The number of benzene rings is 3. The molecule has 0 radical (unpaired) electrons. The van der Waals surface area contributed by atoms with Crippen LogP contribution in [0.3, 0.4) is 0 Å². The van der Waals surface area contributed by atoms with Crippen molar-refractivity contribution in [2.45, 2.75) is 148 Å². The normalized spacial score (nSPS) is 15.2. The van der Waals surface area contributed by atoms with Crippen molar-refractivity contribution in [2.24, 2.45) is 23.5 Å². The molecule has 1 aromatic heterocycles. The highest BCUT2D eigenvalue weighted by molar-refractivity contribution is 7.98. The number of phenols is 1. The van der Waals surface area contributed by atoms with E-state index in [1.54, 1.807) is 77.4 Å². The van der Waals surface area contributed by atoms with Gasteiger partial charge >= 0.3 is 5.97 Å². The Kier molecular flexibility index (Phi) is 27.5. The number of thioether (sulfide) groups is 1. The first-order valence-electron chi connectivity index (χ1n) is 28.0. The van der Waals surface area contributed by atoms with Gasteiger partial charge in [-0.1, -0.05) is 109 Å². The zero-order valence-corrected chi connectivity index (χ0v) is 50.7. The maximum absolute atomic E-state index is 14.4. The summed E-state index contributed by atoms with van der Waals surface area (Å²) in [6.45, 7) is 13.0. The highest BCUT2D eigenvalue weighted by atomic mass is 32.2. The molecule has 0 saturated carbocycles. The molecule has 0 fully saturated rings. The molecule has 3 aromatic carbocycles. The highest BCUT2D eigenvalue weighted by Gasteiger charge is 2.37. The zero-order valence-electron chi connectivity index (χ0n) is 48.9. The number of aromatic amines is 1. The summed E-state index contributed by atoms with van der Waals surface area (Å²) in [6.07, 6.45) is 4.21. The first kappa shape index (κ1) is 68.9. The largest absolute Gasteiger partial charge is 0.508 e. The Morgan fingerprint density at radius 2 is 1.00 bits per heavy atom. The molecule has 0 aliphatic rings. The summed E-state index contributed by atoms with van der Waals surface area (Å²) < 4.78 is 0. The third kappa shape index (κ3) is 20.9. The molecule has 1 heterocycles. The molecule has 0 bridgehead atoms. The van der Waals surface area contributed by atoms with Crippen LogP contribution < -0.4 is 53.6 Å². The summed E-state index contributed by atoms with van der Waals surface area (Å²) in [5.41, 5.74) is 9.27. The first-order valence-corrected chi connectivity index (χ1v) is 30.0. The standard InChI is InChI=1S/C59H83N11O12S2/c1-10-33(6)49(70-52(74)41(60)28-38-29-61-42-19-15-14-18-40(38)42)58(80)67-46(30-83)55(77)65-44(26-36-16-12-11-13-17-36)54(76)68-48(32(4)5)57(79)69-47(31(2)3)56(78)63-35(8)50(72)64-43(24-25-84-9)53(75)62-34(7)51(73)66-45(59(81)82)27-37-20-22-39(71)23-21-37/h11-23,29,31-35,41,43-49,61,71,83H,10,24-28,30,60H2,1-9H3,(H,62,75)(H,63,78)(H,64,72)(H,65,77)(H,66,73)(H,67,80)(H,68,76)(H,69,79)(H,70,74)(H,81,82)/t33-,34-,35-,41-,43-,44-,45-,46-,47-,48-,49-/m0/s1. The molecule has 0 spiro atoms. The molecule has 4 rings (SSSR count). The number of carboxylic acids is 1. The van der Waals surface area contributed by atoms with Gasteiger partial charge in [0.1, 0.15) is 60.1 Å². The van der Waals surface area contributed by atoms with Crippen molar-refractivity contribution in [2.75, 3.05) is 17.8 Å². The van der Waals surface area contributed by atoms with Crippen LogP contribution in [-0.2, 0) is 67.2 Å². The molecule has 84 heavy (non-hydrogen) atoms. The van der Waals surface area contributed by atoms with Crippen LogP contribution in [0.15, 0.2) is 85.1 Å². The van der Waals surface area contributed by atoms with Gasteiger partial charge in [0.05, 0.1) is 6.04 Å². The van der Waals surface area contributed by atoms with Crippen molar-refractivity contribution in [3.63, 3.8) is 0 Å². The van der Waals surface area contributed by atoms with E-state index in [2.05, 4.69) is 65.5 Å². The first-order chi connectivity index (χ1) is 39.8. The number of hydrogen-bond donors (Lipinski definition) is 14. The predicted octanol–water partition coefficient (Wildman–Crippen LogP) is 1.76. The summed E-state index contributed by atoms with van der Waals surface area (Å²) >= 11 is 5.76. The number of aromatic nitrogens is 1. The van der Waals surface area contributed by atoms with Crippen molar-refractivity contribution >= 4 is 94.4 Å². The molecule has 23 nitrogen and oxygen atoms in total. The van der Waals surface area contributed by atoms with E-state index < -0.39 is 131 Å². The highest BCUT2D eigenvalue weighted by Crippen LogP contribution is 2.20. The van der Waals surface area contributed by atoms with Crippen LogP contribution in [0.2, 0.25) is 0 Å². The van der Waals surface area contributed by atoms with E-state index in [1.807, 2.05) is 31.2 Å². The molecular formula is C59H83N11O12S2. The lowest BCUT2D eigenvalue weighted by atomic mass is 9.97. The topological polar surface area (TPSA) is 361 Å². The van der Waals surface area contributed by atoms with Crippen LogP contribution in [0, 0.1) is 17.8 Å². The average molecular weight is 1200 g/mol. The van der Waals surface area contributed by atoms with E-state index >= 15 is 0 Å². The number of phenolic OH excluding ortho intramolecular Hbond substituents is 1. The molecule has 0 unspecified atom stereocenters. The van der Waals surface area contributed by atoms with Gasteiger partial charge in [-0.05, 0) is 91.3 Å². The number of nitrogens with two attached hydrogens (primary N) is 1. The van der Waals surface area contributed by atoms with Crippen LogP contribution in [0.4, 0.5) is 0 Å². The van der Waals surface area contributed by atoms with Crippen molar-refractivity contribution in [1.29, 1.82) is 0 Å². The minimum atomic E-state index is -1.36. The maximum atomic E-state index is 14.4. The molecule has 458 valence electrons. The molecule has 0 aliphatic heterocycles. The van der Waals surface area contributed by atoms with Crippen molar-refractivity contribution in [3.05, 3.63) is 102 Å². The number of para-hydroxylation sites is 1. The number of carboxylic acid groups (broad SMARTS) is 1. The summed E-state index contributed by atoms with van der Waals surface area (Å²) in [5, 5.41) is 44.1. The fourth-order valence-electron chi connectivity index (χ4n) is 8.86. The van der Waals surface area contributed by atoms with E-state index in [9.17, 15) is 58.2 Å². The van der Waals surface area contributed by atoms with E-state index in [4.69, 9.17) is 5.73 Å². The van der Waals surface area contributed by atoms with E-state index in [0.29, 0.717) is 23.3 Å². The number of hydrogen-bond acceptors (Lipinski definition) is 14. The smallest absolute Gasteiger partial charge is 0.326 e. The Morgan fingerprint density at radius 1 is 0.536 bits per heavy atom. The Labute approximate surface area is 499 Å². The summed E-state index contributed by atoms with van der Waals surface area (Å²) in [5.74, 6) is -9.27. The van der Waals surface area contributed by atoms with Gasteiger partial charge in [0.2, 0.25) is 53.2 Å². The van der Waals surface area contributed by atoms with Gasteiger partial charge in [-0.2, -0.15) is 24.4 Å². The fourth-order valence-corrected chi connectivity index (χ4v) is 9.59. The lowest BCUT2D eigenvalue weighted by Crippen LogP contribution is -2.62. The van der Waals surface area contributed by atoms with Crippen molar-refractivity contribution in [3.8, 4) is 5.75 Å². The number of aromatic hydroxyl groups is 1. The van der Waals surface area contributed by atoms with Crippen molar-refractivity contribution in [1.82, 2.24) is 52.8 Å². The zero-order chi connectivity index (χ0) is 62.4. The number of carbonyl (C=O) groups excluding carboxylic acids is 9. The molecular weight excluding hydrogens is 1120 g/mol. The predicted molar refractivity (Wildman–Crippen MR) is 324 cm³/mol. The molecule has 11 atom stereocenters. The number of carbonyl (C=O) groups is 10. The quantitative estimate of drug-likeness (QED) is 0.0303. The second kappa shape index (κ2) is 33.6. The van der Waals surface area contributed by atoms with Crippen LogP contribution in [0.5, 0.6) is 5.75 Å². The van der Waals surface area contributed by atoms with Crippen molar-refractivity contribution < 1.29 is 58.2 Å². The Morgan fingerprint density at radius 3 is 1.57 bits per heavy atom. The molecule has 0 saturated heterocycles. The summed E-state index contributed by atoms with van der Waals surface area (Å²) in [6, 6.07) is 9.89. The minimum absolute atomic E-state index is 0.0179. The number of aliphatic carboxylic acids is 1. The Balaban J connectivity index is 1.41. The van der Waals surface area contributed by atoms with E-state index in [-0.39, 0.29) is 43.1 Å². The SMILES string of the molecule is CC[C@H](C)[C@H](NC(=O)[C@@H](N)Cc1c[nH]c2ccccc12)C(=O)N[C@@H](CS)C(=O)N[C@@H](Cc1ccccc1)C(=O)N[C@H](C(=O)N[C@H](C(=O)N[C@@H](C)C(=O)N[C@@H](CCSC)C(=O)N[C@@H](C)C(=O)N[C@@H](Cc1ccc(O)cc1)C(=O)O)C(C)C)C(C)C. The Hall–Kier alpha value is -7.64. The van der Waals surface area contributed by atoms with Gasteiger partial charge in [0.25, 0.3) is 0 Å². The molecule has 0 aliphatic carbocycles. The lowest BCUT2D eigenvalue weighted by Gasteiger charge is -2.30. The van der Waals surface area contributed by atoms with Gasteiger partial charge in [-0.25, -0.2) is 4.79 Å². The van der Waals surface area contributed by atoms with Crippen LogP contribution in [-0.4, -0.2) is 153 Å². The second-order valence-electron chi connectivity index (χ2n) is 21.6. The van der Waals surface area contributed by atoms with Gasteiger partial charge < -0.3 is 68.8 Å². The molecule has 4 aromatic rings. The number of nitrogens with one attached hydrogen (secondary N) is 10. The second-order valence-corrected chi connectivity index (χ2v) is 22.9. The summed E-state index contributed by atoms with van der Waals surface area (Å²) in [7, 11) is 0. The average Bonchev–Trinajstić information content (AvgIpc) is 4.09. The van der Waals surface area contributed by atoms with E-state index in [1.165, 1.54) is 49.9 Å². The number of thiol groups is 1. The van der Waals surface area contributed by atoms with Gasteiger partial charge in [0.15, 0.2) is 0 Å². The third-order valence-corrected chi connectivity index (χ3v) is 15.2. The maximum Gasteiger partial charge on any atom is 0.326 e. The third-order valence-electron chi connectivity index (χ3n) is 14.2. The van der Waals surface area contributed by atoms with Gasteiger partial charge in [0, 0.05) is 35.7 Å². The monoisotopic (exact) mass is 1200 g/mol. The van der Waals surface area contributed by atoms with E-state index in [0.717, 1.165) is 16.5 Å². The summed E-state index contributed by atoms with van der Waals surface area (Å²) in [4.78, 5) is 140. The van der Waals surface area contributed by atoms with Gasteiger partial charge in [-0.15, -0.1) is 0 Å². The number of fused-ring (bicyclic) bond motifs is 1. The fraction of sp³-hybridized carbons (Fsp3) is 0.492.